The molecule has 5 nitrogen and oxygen atoms in total. The van der Waals surface area contributed by atoms with Crippen LogP contribution in [-0.2, 0) is 16.6 Å². The zero-order chi connectivity index (χ0) is 23.0. The maximum atomic E-state index is 12.5. The van der Waals surface area contributed by atoms with Crippen molar-refractivity contribution in [2.24, 2.45) is 5.92 Å². The van der Waals surface area contributed by atoms with Crippen molar-refractivity contribution < 1.29 is 13.2 Å². The Balaban J connectivity index is 2.15. The molecule has 1 N–H and O–H groups in total. The second kappa shape index (κ2) is 11.7. The molecule has 0 radical (unpaired) electrons. The molecule has 1 atom stereocenters. The van der Waals surface area contributed by atoms with Gasteiger partial charge in [-0.15, -0.1) is 0 Å². The van der Waals surface area contributed by atoms with Crippen LogP contribution in [0.15, 0.2) is 42.5 Å². The van der Waals surface area contributed by atoms with Crippen LogP contribution < -0.4 is 9.62 Å². The highest BCUT2D eigenvalue weighted by atomic mass is 35.5. The molecule has 2 rings (SSSR count). The molecule has 0 heterocycles. The number of hydrogen-bond donors (Lipinski definition) is 1. The quantitative estimate of drug-likeness (QED) is 0.431. The molecule has 0 aromatic heterocycles. The first-order valence-corrected chi connectivity index (χ1v) is 13.1. The van der Waals surface area contributed by atoms with Gasteiger partial charge in [0.1, 0.15) is 0 Å². The van der Waals surface area contributed by atoms with Gasteiger partial charge in [-0.05, 0) is 48.7 Å². The summed E-state index contributed by atoms with van der Waals surface area (Å²) in [5.74, 6) is 0.297. The summed E-state index contributed by atoms with van der Waals surface area (Å²) in [6.07, 6.45) is 5.54. The lowest BCUT2D eigenvalue weighted by Crippen LogP contribution is -2.30. The van der Waals surface area contributed by atoms with Crippen molar-refractivity contribution >= 4 is 44.8 Å². The first-order valence-electron chi connectivity index (χ1n) is 10.5. The third kappa shape index (κ3) is 7.41. The molecular weight excluding hydrogens is 455 g/mol. The molecule has 0 saturated carbocycles. The minimum atomic E-state index is -3.60. The number of unbranched alkanes of at least 4 members (excludes halogenated alkanes) is 1. The van der Waals surface area contributed by atoms with Crippen LogP contribution in [0.3, 0.4) is 0 Å². The number of carbonyl (C=O) groups is 1. The zero-order valence-electron chi connectivity index (χ0n) is 18.2. The minimum absolute atomic E-state index is 0.00150. The van der Waals surface area contributed by atoms with Crippen molar-refractivity contribution in [3.05, 3.63) is 63.6 Å². The Morgan fingerprint density at radius 3 is 2.19 bits per heavy atom. The van der Waals surface area contributed by atoms with Gasteiger partial charge in [-0.1, -0.05) is 62.4 Å². The third-order valence-electron chi connectivity index (χ3n) is 5.28. The van der Waals surface area contributed by atoms with Gasteiger partial charge in [0.05, 0.1) is 18.5 Å². The largest absolute Gasteiger partial charge is 0.352 e. The van der Waals surface area contributed by atoms with Gasteiger partial charge in [0.15, 0.2) is 0 Å². The summed E-state index contributed by atoms with van der Waals surface area (Å²) in [7, 11) is -3.60. The van der Waals surface area contributed by atoms with E-state index in [0.29, 0.717) is 39.3 Å². The Hall–Kier alpha value is -1.76. The molecule has 2 aromatic carbocycles. The maximum absolute atomic E-state index is 12.5. The summed E-state index contributed by atoms with van der Waals surface area (Å²) in [5.41, 5.74) is 1.44. The number of nitrogens with one attached hydrogen (secondary N) is 1. The summed E-state index contributed by atoms with van der Waals surface area (Å²) in [4.78, 5) is 12.5. The van der Waals surface area contributed by atoms with E-state index in [1.165, 1.54) is 4.31 Å². The van der Waals surface area contributed by atoms with Crippen LogP contribution in [0.2, 0.25) is 10.0 Å². The van der Waals surface area contributed by atoms with Crippen LogP contribution >= 0.6 is 23.2 Å². The number of rotatable bonds is 11. The van der Waals surface area contributed by atoms with E-state index >= 15 is 0 Å². The van der Waals surface area contributed by atoms with Gasteiger partial charge in [0.2, 0.25) is 10.0 Å². The van der Waals surface area contributed by atoms with Crippen molar-refractivity contribution in [1.82, 2.24) is 5.32 Å². The molecule has 0 aliphatic carbocycles. The van der Waals surface area contributed by atoms with E-state index in [4.69, 9.17) is 23.2 Å². The van der Waals surface area contributed by atoms with E-state index in [9.17, 15) is 13.2 Å². The Morgan fingerprint density at radius 2 is 1.68 bits per heavy atom. The van der Waals surface area contributed by atoms with Gasteiger partial charge in [0.25, 0.3) is 5.91 Å². The Kier molecular flexibility index (Phi) is 9.66. The van der Waals surface area contributed by atoms with Crippen LogP contribution in [0, 0.1) is 5.92 Å². The maximum Gasteiger partial charge on any atom is 0.251 e. The summed E-state index contributed by atoms with van der Waals surface area (Å²) < 4.78 is 26.1. The van der Waals surface area contributed by atoms with E-state index in [1.54, 1.807) is 42.5 Å². The first-order chi connectivity index (χ1) is 14.7. The monoisotopic (exact) mass is 484 g/mol. The molecule has 8 heteroatoms. The molecule has 0 bridgehead atoms. The SMILES string of the molecule is CCCC[C@H](CC)CNC(=O)c1ccc(N(Cc2c(Cl)cccc2Cl)S(C)(=O)=O)cc1. The normalized spacial score (nSPS) is 12.4. The molecule has 2 aromatic rings. The molecule has 1 amide bonds. The predicted octanol–water partition coefficient (Wildman–Crippen LogP) is 5.91. The van der Waals surface area contributed by atoms with Gasteiger partial charge in [0, 0.05) is 27.7 Å². The fourth-order valence-electron chi connectivity index (χ4n) is 3.29. The van der Waals surface area contributed by atoms with Crippen molar-refractivity contribution in [3.8, 4) is 0 Å². The van der Waals surface area contributed by atoms with E-state index in [-0.39, 0.29) is 12.5 Å². The number of hydrogen-bond acceptors (Lipinski definition) is 3. The molecule has 31 heavy (non-hydrogen) atoms. The Labute approximate surface area is 195 Å². The number of halogens is 2. The molecule has 0 saturated heterocycles. The van der Waals surface area contributed by atoms with Crippen LogP contribution in [0.4, 0.5) is 5.69 Å². The number of carbonyl (C=O) groups excluding carboxylic acids is 1. The van der Waals surface area contributed by atoms with Gasteiger partial charge < -0.3 is 5.32 Å². The van der Waals surface area contributed by atoms with Crippen molar-refractivity contribution in [1.29, 1.82) is 0 Å². The summed E-state index contributed by atoms with van der Waals surface area (Å²) in [6, 6.07) is 11.5. The average molecular weight is 485 g/mol. The smallest absolute Gasteiger partial charge is 0.251 e. The highest BCUT2D eigenvalue weighted by molar-refractivity contribution is 7.92. The minimum Gasteiger partial charge on any atom is -0.352 e. The predicted molar refractivity (Wildman–Crippen MR) is 130 cm³/mol. The topological polar surface area (TPSA) is 66.5 Å². The fraction of sp³-hybridized carbons (Fsp3) is 0.435. The van der Waals surface area contributed by atoms with Crippen LogP contribution in [0.5, 0.6) is 0 Å². The number of anilines is 1. The van der Waals surface area contributed by atoms with E-state index in [0.717, 1.165) is 31.9 Å². The van der Waals surface area contributed by atoms with E-state index in [2.05, 4.69) is 19.2 Å². The average Bonchev–Trinajstić information content (AvgIpc) is 2.73. The van der Waals surface area contributed by atoms with Crippen molar-refractivity contribution in [2.45, 2.75) is 46.1 Å². The fourth-order valence-corrected chi connectivity index (χ4v) is 4.67. The summed E-state index contributed by atoms with van der Waals surface area (Å²) in [5, 5.41) is 3.78. The molecule has 170 valence electrons. The highest BCUT2D eigenvalue weighted by Crippen LogP contribution is 2.29. The van der Waals surface area contributed by atoms with Crippen molar-refractivity contribution in [2.75, 3.05) is 17.1 Å². The molecule has 0 fully saturated rings. The number of sulfonamides is 1. The number of amides is 1. The summed E-state index contributed by atoms with van der Waals surface area (Å²) in [6.45, 7) is 4.93. The standard InChI is InChI=1S/C23H30Cl2N2O3S/c1-4-6-8-17(5-2)15-26-23(28)18-11-13-19(14-12-18)27(31(3,29)30)16-20-21(24)9-7-10-22(20)25/h7,9-14,17H,4-6,8,15-16H2,1-3H3,(H,26,28)/t17-/m0/s1. The molecule has 0 aliphatic heterocycles. The number of nitrogens with zero attached hydrogens (tertiary/aromatic N) is 1. The second-order valence-corrected chi connectivity index (χ2v) is 10.4. The zero-order valence-corrected chi connectivity index (χ0v) is 20.5. The van der Waals surface area contributed by atoms with Crippen LogP contribution in [0.1, 0.15) is 55.5 Å². The van der Waals surface area contributed by atoms with Crippen molar-refractivity contribution in [3.63, 3.8) is 0 Å². The highest BCUT2D eigenvalue weighted by Gasteiger charge is 2.21. The summed E-state index contributed by atoms with van der Waals surface area (Å²) >= 11 is 12.4. The van der Waals surface area contributed by atoms with Crippen LogP contribution in [0.25, 0.3) is 0 Å². The van der Waals surface area contributed by atoms with Gasteiger partial charge in [-0.2, -0.15) is 0 Å². The number of benzene rings is 2. The van der Waals surface area contributed by atoms with Crippen LogP contribution in [-0.4, -0.2) is 27.1 Å². The third-order valence-corrected chi connectivity index (χ3v) is 7.12. The van der Waals surface area contributed by atoms with E-state index in [1.807, 2.05) is 0 Å². The molecule has 0 aliphatic rings. The molecule has 0 spiro atoms. The Bertz CT molecular complexity index is 959. The Morgan fingerprint density at radius 1 is 1.06 bits per heavy atom. The van der Waals surface area contributed by atoms with E-state index < -0.39 is 10.0 Å². The van der Waals surface area contributed by atoms with Gasteiger partial charge in [-0.3, -0.25) is 9.10 Å². The van der Waals surface area contributed by atoms with Gasteiger partial charge in [-0.25, -0.2) is 8.42 Å². The lowest BCUT2D eigenvalue weighted by Gasteiger charge is -2.24. The van der Waals surface area contributed by atoms with Gasteiger partial charge >= 0.3 is 0 Å². The lowest BCUT2D eigenvalue weighted by atomic mass is 9.99. The molecule has 0 unspecified atom stereocenters. The lowest BCUT2D eigenvalue weighted by molar-refractivity contribution is 0.0946. The molecular formula is C23H30Cl2N2O3S. The first kappa shape index (κ1) is 25.5. The second-order valence-electron chi connectivity index (χ2n) is 7.64.